The number of nitrogens with two attached hydrogens (primary N) is 1. The molecule has 2 aromatic carbocycles. The number of ether oxygens (including phenoxy) is 1. The lowest BCUT2D eigenvalue weighted by Crippen LogP contribution is -2.47. The van der Waals surface area contributed by atoms with E-state index in [9.17, 15) is 35.9 Å². The average Bonchev–Trinajstić information content (AvgIpc) is 3.80. The number of aliphatic imine (C=N–C) groups is 1. The number of benzene rings is 2. The molecule has 4 aromatic rings. The lowest BCUT2D eigenvalue weighted by Gasteiger charge is -2.35. The lowest BCUT2D eigenvalue weighted by molar-refractivity contribution is -0.135. The maximum Gasteiger partial charge on any atom is 0.407 e. The number of guanidine groups is 1. The minimum absolute atomic E-state index is 0.0368. The molecule has 2 amide bonds. The number of alkyl carbamates (subject to hydrolysis) is 1. The fraction of sp³-hybridized carbons (Fsp3) is 0.394. The fourth-order valence-corrected chi connectivity index (χ4v) is 6.13. The molecule has 1 aliphatic heterocycles. The molecule has 12 nitrogen and oxygen atoms in total. The molecule has 3 heterocycles. The van der Waals surface area contributed by atoms with E-state index < -0.39 is 72.9 Å². The molecule has 0 fully saturated rings. The van der Waals surface area contributed by atoms with E-state index in [2.05, 4.69) is 20.2 Å². The van der Waals surface area contributed by atoms with Crippen molar-refractivity contribution in [2.75, 3.05) is 13.2 Å². The molecule has 0 saturated heterocycles. The number of carbonyl (C=O) groups is 2. The van der Waals surface area contributed by atoms with Crippen molar-refractivity contribution in [2.45, 2.75) is 64.7 Å². The van der Waals surface area contributed by atoms with Crippen LogP contribution in [0, 0.1) is 11.2 Å². The molecule has 0 spiro atoms. The number of rotatable bonds is 12. The van der Waals surface area contributed by atoms with Crippen LogP contribution in [0.15, 0.2) is 60.1 Å². The van der Waals surface area contributed by atoms with Gasteiger partial charge in [-0.05, 0) is 41.2 Å². The smallest absolute Gasteiger partial charge is 0.407 e. The zero-order chi connectivity index (χ0) is 39.0. The van der Waals surface area contributed by atoms with Gasteiger partial charge in [0.05, 0.1) is 23.8 Å². The average molecular weight is 772 g/mol. The van der Waals surface area contributed by atoms with Crippen molar-refractivity contribution in [3.05, 3.63) is 77.1 Å². The highest BCUT2D eigenvalue weighted by Gasteiger charge is 2.53. The summed E-state index contributed by atoms with van der Waals surface area (Å²) in [6.07, 6.45) is 1.56. The number of aromatic nitrogens is 5. The molecule has 0 radical (unpaired) electrons. The summed E-state index contributed by atoms with van der Waals surface area (Å²) in [6, 6.07) is 6.30. The van der Waals surface area contributed by atoms with Crippen LogP contribution in [0.2, 0.25) is 5.02 Å². The summed E-state index contributed by atoms with van der Waals surface area (Å²) in [5, 5.41) is 8.94. The highest BCUT2D eigenvalue weighted by molar-refractivity contribution is 6.33. The Morgan fingerprint density at radius 1 is 1.04 bits per heavy atom. The predicted octanol–water partition coefficient (Wildman–Crippen LogP) is 7.30. The normalized spacial score (nSPS) is 17.1. The zero-order valence-corrected chi connectivity index (χ0v) is 29.3. The Hall–Kier alpha value is -5.20. The van der Waals surface area contributed by atoms with Crippen LogP contribution in [0.3, 0.4) is 0 Å². The van der Waals surface area contributed by atoms with Gasteiger partial charge in [-0.3, -0.25) is 9.69 Å². The number of hydrogen-bond acceptors (Lipinski definition) is 8. The third kappa shape index (κ3) is 8.39. The van der Waals surface area contributed by atoms with Crippen molar-refractivity contribution in [2.24, 2.45) is 16.1 Å². The van der Waals surface area contributed by atoms with Crippen LogP contribution >= 0.6 is 11.6 Å². The first-order valence-corrected chi connectivity index (χ1v) is 16.2. The third-order valence-electron chi connectivity index (χ3n) is 8.07. The monoisotopic (exact) mass is 771 g/mol. The Morgan fingerprint density at radius 3 is 2.36 bits per heavy atom. The largest absolute Gasteiger partial charge is 0.447 e. The van der Waals surface area contributed by atoms with Gasteiger partial charge < -0.3 is 15.8 Å². The molecular formula is C33H33ClF7N9O3. The van der Waals surface area contributed by atoms with Crippen molar-refractivity contribution in [1.82, 2.24) is 34.8 Å². The van der Waals surface area contributed by atoms with Gasteiger partial charge in [-0.15, -0.1) is 0 Å². The molecule has 284 valence electrons. The molecule has 1 aliphatic rings. The summed E-state index contributed by atoms with van der Waals surface area (Å²) >= 11 is 6.38. The maximum atomic E-state index is 15.8. The van der Waals surface area contributed by atoms with Gasteiger partial charge in [-0.25, -0.2) is 32.6 Å². The molecule has 0 aliphatic carbocycles. The van der Waals surface area contributed by atoms with Gasteiger partial charge in [0, 0.05) is 29.8 Å². The number of nitrogens with zero attached hydrogens (tertiary/aromatic N) is 7. The van der Waals surface area contributed by atoms with Crippen LogP contribution in [-0.4, -0.2) is 66.5 Å². The summed E-state index contributed by atoms with van der Waals surface area (Å²) in [7, 11) is 0. The first-order chi connectivity index (χ1) is 24.7. The van der Waals surface area contributed by atoms with Gasteiger partial charge in [0.2, 0.25) is 0 Å². The Balaban J connectivity index is 1.60. The number of hydrogen-bond donors (Lipinski definition) is 2. The number of carbonyl (C=O) groups excluding carboxylic acids is 2. The Kier molecular flexibility index (Phi) is 10.8. The van der Waals surface area contributed by atoms with Gasteiger partial charge in [-0.2, -0.15) is 32.4 Å². The highest BCUT2D eigenvalue weighted by atomic mass is 35.5. The van der Waals surface area contributed by atoms with E-state index >= 15 is 4.39 Å². The van der Waals surface area contributed by atoms with E-state index in [0.717, 1.165) is 29.7 Å². The topological polar surface area (TPSA) is 146 Å². The van der Waals surface area contributed by atoms with Crippen LogP contribution in [-0.2, 0) is 15.1 Å². The van der Waals surface area contributed by atoms with Crippen LogP contribution in [0.5, 0.6) is 0 Å². The van der Waals surface area contributed by atoms with Gasteiger partial charge >= 0.3 is 19.2 Å². The summed E-state index contributed by atoms with van der Waals surface area (Å²) in [5.74, 6) is -5.75. The van der Waals surface area contributed by atoms with E-state index in [-0.39, 0.29) is 45.1 Å². The molecular weight excluding hydrogens is 739 g/mol. The zero-order valence-electron chi connectivity index (χ0n) is 28.5. The van der Waals surface area contributed by atoms with Crippen molar-refractivity contribution in [3.63, 3.8) is 0 Å². The van der Waals surface area contributed by atoms with Gasteiger partial charge in [0.1, 0.15) is 18.8 Å². The number of amides is 2. The van der Waals surface area contributed by atoms with E-state index in [1.54, 1.807) is 20.8 Å². The Bertz CT molecular complexity index is 2030. The first-order valence-electron chi connectivity index (χ1n) is 15.8. The van der Waals surface area contributed by atoms with Gasteiger partial charge in [-0.1, -0.05) is 50.6 Å². The molecule has 0 unspecified atom stereocenters. The number of halogens is 8. The van der Waals surface area contributed by atoms with E-state index in [4.69, 9.17) is 22.1 Å². The molecule has 20 heteroatoms. The SMILES string of the molecule is CC(C)(C)C[C@]1(c2ccc(-c3cnn(C(F)F)c3)c(F)c2)N=C(N)N([C@H](COC(=O)NCC(C)(F)F)c2ccc(Cl)c(-c3ncnn3C(F)F)c2)C1=O. The quantitative estimate of drug-likeness (QED) is 0.144. The minimum atomic E-state index is -3.28. The van der Waals surface area contributed by atoms with Crippen LogP contribution in [0.25, 0.3) is 22.5 Å². The maximum absolute atomic E-state index is 15.8. The first kappa shape index (κ1) is 39.0. The third-order valence-corrected chi connectivity index (χ3v) is 8.40. The Morgan fingerprint density at radius 2 is 1.75 bits per heavy atom. The van der Waals surface area contributed by atoms with Gasteiger partial charge in [0.15, 0.2) is 17.3 Å². The summed E-state index contributed by atoms with van der Waals surface area (Å²) in [5.41, 5.74) is 3.92. The van der Waals surface area contributed by atoms with Gasteiger partial charge in [0.25, 0.3) is 11.8 Å². The molecule has 2 aromatic heterocycles. The fourth-order valence-electron chi connectivity index (χ4n) is 5.92. The van der Waals surface area contributed by atoms with E-state index in [0.29, 0.717) is 16.3 Å². The van der Waals surface area contributed by atoms with E-state index in [1.165, 1.54) is 30.3 Å². The van der Waals surface area contributed by atoms with Crippen LogP contribution in [0.4, 0.5) is 35.5 Å². The molecule has 53 heavy (non-hydrogen) atoms. The summed E-state index contributed by atoms with van der Waals surface area (Å²) < 4.78 is 103. The van der Waals surface area contributed by atoms with Crippen LogP contribution in [0.1, 0.15) is 64.4 Å². The molecule has 0 saturated carbocycles. The highest BCUT2D eigenvalue weighted by Crippen LogP contribution is 2.46. The lowest BCUT2D eigenvalue weighted by atomic mass is 9.75. The minimum Gasteiger partial charge on any atom is -0.447 e. The second kappa shape index (κ2) is 14.7. The second-order valence-corrected chi connectivity index (χ2v) is 13.9. The summed E-state index contributed by atoms with van der Waals surface area (Å²) in [4.78, 5) is 36.8. The van der Waals surface area contributed by atoms with Crippen molar-refractivity contribution in [3.8, 4) is 22.5 Å². The van der Waals surface area contributed by atoms with Crippen LogP contribution < -0.4 is 11.1 Å². The number of alkyl halides is 6. The van der Waals surface area contributed by atoms with Crippen molar-refractivity contribution >= 4 is 29.6 Å². The van der Waals surface area contributed by atoms with Crippen molar-refractivity contribution in [1.29, 1.82) is 0 Å². The standard InChI is InChI=1S/C33H33ClF7N9O3/c1-31(2,3)14-33(19-6-7-20(23(35)10-19)18-11-45-48(12-18)27(36)37)26(51)49(29(42)47-33)24(13-53-30(52)43-15-32(4,40)41)17-5-8-22(34)21(9-17)25-44-16-46-50(25)28(38)39/h5-12,16,24,27-28H,13-15H2,1-4H3,(H2,42,47)(H,43,52)/t24-,33-/m1/s1. The number of nitrogens with one attached hydrogen (secondary N) is 1. The second-order valence-electron chi connectivity index (χ2n) is 13.5. The molecule has 5 rings (SSSR count). The summed E-state index contributed by atoms with van der Waals surface area (Å²) in [6.45, 7) is -1.92. The van der Waals surface area contributed by atoms with Crippen molar-refractivity contribution < 1.29 is 45.1 Å². The molecule has 3 N–H and O–H groups in total. The Labute approximate surface area is 302 Å². The van der Waals surface area contributed by atoms with E-state index in [1.807, 2.05) is 5.32 Å². The predicted molar refractivity (Wildman–Crippen MR) is 178 cm³/mol. The molecule has 0 bridgehead atoms. The molecule has 2 atom stereocenters.